The predicted molar refractivity (Wildman–Crippen MR) is 116 cm³/mol. The van der Waals surface area contributed by atoms with Gasteiger partial charge in [0.05, 0.1) is 23.4 Å². The Hall–Kier alpha value is -0.730. The molecule has 0 aliphatic carbocycles. The van der Waals surface area contributed by atoms with E-state index in [2.05, 4.69) is 29.3 Å². The van der Waals surface area contributed by atoms with Gasteiger partial charge in [-0.15, -0.1) is 0 Å². The Labute approximate surface area is 178 Å². The van der Waals surface area contributed by atoms with E-state index in [1.165, 1.54) is 5.56 Å². The average molecular weight is 507 g/mol. The van der Waals surface area contributed by atoms with E-state index in [0.717, 1.165) is 29.5 Å². The second kappa shape index (κ2) is 9.46. The Balaban J connectivity index is 1.87. The van der Waals surface area contributed by atoms with Gasteiger partial charge >= 0.3 is 0 Å². The molecular weight excluding hydrogens is 486 g/mol. The van der Waals surface area contributed by atoms with Gasteiger partial charge in [-0.1, -0.05) is 35.3 Å². The van der Waals surface area contributed by atoms with Crippen molar-refractivity contribution in [2.45, 2.75) is 19.0 Å². The minimum absolute atomic E-state index is 0.188. The SMILES string of the molecule is C[C@@H]1CNC[C@@H](c2ccc(Cl)cc2)N1c1ccc(OCCOI)cc1Cl. The van der Waals surface area contributed by atoms with Gasteiger partial charge < -0.3 is 18.0 Å². The topological polar surface area (TPSA) is 33.7 Å². The minimum atomic E-state index is 0.188. The fourth-order valence-electron chi connectivity index (χ4n) is 3.28. The number of benzene rings is 2. The second-order valence-electron chi connectivity index (χ2n) is 6.26. The van der Waals surface area contributed by atoms with E-state index in [4.69, 9.17) is 31.0 Å². The van der Waals surface area contributed by atoms with Gasteiger partial charge in [0.1, 0.15) is 35.4 Å². The number of nitrogens with one attached hydrogen (secondary N) is 1. The summed E-state index contributed by atoms with van der Waals surface area (Å²) in [5.74, 6) is 0.748. The lowest BCUT2D eigenvalue weighted by Crippen LogP contribution is -2.52. The molecule has 0 saturated carbocycles. The van der Waals surface area contributed by atoms with E-state index in [9.17, 15) is 0 Å². The zero-order valence-electron chi connectivity index (χ0n) is 14.4. The summed E-state index contributed by atoms with van der Waals surface area (Å²) in [6, 6.07) is 14.4. The van der Waals surface area contributed by atoms with Gasteiger partial charge in [0, 0.05) is 30.2 Å². The maximum Gasteiger partial charge on any atom is 0.121 e. The van der Waals surface area contributed by atoms with Gasteiger partial charge in [-0.25, -0.2) is 0 Å². The van der Waals surface area contributed by atoms with Gasteiger partial charge in [-0.2, -0.15) is 0 Å². The Morgan fingerprint density at radius 2 is 1.88 bits per heavy atom. The molecule has 1 heterocycles. The normalized spacial score (nSPS) is 20.2. The summed E-state index contributed by atoms with van der Waals surface area (Å²) in [6.45, 7) is 5.00. The number of hydrogen-bond donors (Lipinski definition) is 1. The number of anilines is 1. The zero-order valence-corrected chi connectivity index (χ0v) is 18.1. The fraction of sp³-hybridized carbons (Fsp3) is 0.368. The molecule has 2 atom stereocenters. The molecule has 0 radical (unpaired) electrons. The highest BCUT2D eigenvalue weighted by Crippen LogP contribution is 2.37. The van der Waals surface area contributed by atoms with Gasteiger partial charge in [-0.05, 0) is 36.8 Å². The van der Waals surface area contributed by atoms with Crippen LogP contribution >= 0.6 is 46.2 Å². The van der Waals surface area contributed by atoms with Crippen molar-refractivity contribution < 1.29 is 7.80 Å². The molecule has 1 fully saturated rings. The summed E-state index contributed by atoms with van der Waals surface area (Å²) in [6.07, 6.45) is 0. The number of nitrogens with zero attached hydrogens (tertiary/aromatic N) is 1. The van der Waals surface area contributed by atoms with Crippen molar-refractivity contribution in [3.05, 3.63) is 58.1 Å². The largest absolute Gasteiger partial charge is 0.491 e. The fourth-order valence-corrected chi connectivity index (χ4v) is 3.85. The summed E-state index contributed by atoms with van der Waals surface area (Å²) in [4.78, 5) is 2.37. The van der Waals surface area contributed by atoms with E-state index in [1.807, 2.05) is 53.3 Å². The van der Waals surface area contributed by atoms with Crippen molar-refractivity contribution in [1.82, 2.24) is 5.32 Å². The Kier molecular flexibility index (Phi) is 7.28. The summed E-state index contributed by atoms with van der Waals surface area (Å²) in [5, 5.41) is 4.93. The predicted octanol–water partition coefficient (Wildman–Crippen LogP) is 5.28. The molecule has 4 nitrogen and oxygen atoms in total. The van der Waals surface area contributed by atoms with Gasteiger partial charge in [0.25, 0.3) is 0 Å². The molecule has 0 unspecified atom stereocenters. The third kappa shape index (κ3) is 4.75. The molecule has 1 saturated heterocycles. The van der Waals surface area contributed by atoms with Crippen molar-refractivity contribution in [2.75, 3.05) is 31.2 Å². The number of hydrogen-bond acceptors (Lipinski definition) is 4. The van der Waals surface area contributed by atoms with Crippen LogP contribution in [0.15, 0.2) is 42.5 Å². The number of ether oxygens (including phenoxy) is 1. The van der Waals surface area contributed by atoms with Crippen LogP contribution in [-0.2, 0) is 3.07 Å². The van der Waals surface area contributed by atoms with Crippen molar-refractivity contribution in [3.8, 4) is 5.75 Å². The number of halogens is 3. The van der Waals surface area contributed by atoms with E-state index in [0.29, 0.717) is 24.3 Å². The average Bonchev–Trinajstić information content (AvgIpc) is 2.63. The van der Waals surface area contributed by atoms with E-state index >= 15 is 0 Å². The molecule has 2 aromatic carbocycles. The first-order chi connectivity index (χ1) is 12.6. The summed E-state index contributed by atoms with van der Waals surface area (Å²) >= 11 is 14.5. The van der Waals surface area contributed by atoms with Crippen LogP contribution in [0.4, 0.5) is 5.69 Å². The van der Waals surface area contributed by atoms with Gasteiger partial charge in [0.15, 0.2) is 0 Å². The van der Waals surface area contributed by atoms with Crippen LogP contribution in [0.1, 0.15) is 18.5 Å². The van der Waals surface area contributed by atoms with Crippen molar-refractivity contribution in [3.63, 3.8) is 0 Å². The molecule has 0 amide bonds. The first-order valence-corrected chi connectivity index (χ1v) is 10.1. The number of piperazine rings is 1. The minimum Gasteiger partial charge on any atom is -0.491 e. The Bertz CT molecular complexity index is 730. The molecule has 1 aliphatic rings. The molecule has 7 heteroatoms. The van der Waals surface area contributed by atoms with Gasteiger partial charge in [0.2, 0.25) is 0 Å². The van der Waals surface area contributed by atoms with Crippen molar-refractivity contribution in [2.24, 2.45) is 0 Å². The summed E-state index contributed by atoms with van der Waals surface area (Å²) in [7, 11) is 0. The van der Waals surface area contributed by atoms with Crippen LogP contribution in [0.25, 0.3) is 0 Å². The highest BCUT2D eigenvalue weighted by atomic mass is 127. The van der Waals surface area contributed by atoms with Crippen LogP contribution in [0, 0.1) is 0 Å². The molecule has 26 heavy (non-hydrogen) atoms. The molecule has 2 aromatic rings. The van der Waals surface area contributed by atoms with Crippen molar-refractivity contribution in [1.29, 1.82) is 0 Å². The first kappa shape index (κ1) is 20.0. The maximum absolute atomic E-state index is 6.62. The Morgan fingerprint density at radius 1 is 1.12 bits per heavy atom. The van der Waals surface area contributed by atoms with Crippen LogP contribution in [0.3, 0.4) is 0 Å². The summed E-state index contributed by atoms with van der Waals surface area (Å²) < 4.78 is 10.6. The van der Waals surface area contributed by atoms with Crippen LogP contribution < -0.4 is 15.0 Å². The van der Waals surface area contributed by atoms with Crippen molar-refractivity contribution >= 4 is 51.9 Å². The molecule has 140 valence electrons. The molecule has 0 spiro atoms. The third-order valence-electron chi connectivity index (χ3n) is 4.47. The third-order valence-corrected chi connectivity index (χ3v) is 5.46. The molecule has 1 aliphatic heterocycles. The van der Waals surface area contributed by atoms with Crippen LogP contribution in [0.5, 0.6) is 5.75 Å². The maximum atomic E-state index is 6.62. The van der Waals surface area contributed by atoms with E-state index in [-0.39, 0.29) is 6.04 Å². The highest BCUT2D eigenvalue weighted by molar-refractivity contribution is 14.1. The standard InChI is InChI=1S/C19H21Cl2IN2O2/c1-13-11-23-12-19(14-2-4-15(20)5-3-14)24(13)18-7-6-16(10-17(18)21)25-8-9-26-22/h2-7,10,13,19,23H,8-9,11-12H2,1H3/t13-,19+/m1/s1. The van der Waals surface area contributed by atoms with Crippen LogP contribution in [0.2, 0.25) is 10.0 Å². The van der Waals surface area contributed by atoms with Gasteiger partial charge in [-0.3, -0.25) is 0 Å². The lowest BCUT2D eigenvalue weighted by molar-refractivity contribution is 0.256. The summed E-state index contributed by atoms with van der Waals surface area (Å²) in [5.41, 5.74) is 2.22. The molecule has 0 aromatic heterocycles. The molecular formula is C19H21Cl2IN2O2. The second-order valence-corrected chi connectivity index (χ2v) is 7.72. The molecule has 0 bridgehead atoms. The number of rotatable bonds is 6. The smallest absolute Gasteiger partial charge is 0.121 e. The molecule has 3 rings (SSSR count). The molecule has 1 N–H and O–H groups in total. The first-order valence-electron chi connectivity index (χ1n) is 8.50. The van der Waals surface area contributed by atoms with E-state index < -0.39 is 0 Å². The lowest BCUT2D eigenvalue weighted by Gasteiger charge is -2.43. The lowest BCUT2D eigenvalue weighted by atomic mass is 9.99. The highest BCUT2D eigenvalue weighted by Gasteiger charge is 2.30. The monoisotopic (exact) mass is 506 g/mol. The Morgan fingerprint density at radius 3 is 2.58 bits per heavy atom. The quantitative estimate of drug-likeness (QED) is 0.427. The van der Waals surface area contributed by atoms with Crippen LogP contribution in [-0.4, -0.2) is 32.3 Å². The van der Waals surface area contributed by atoms with E-state index in [1.54, 1.807) is 0 Å². The zero-order chi connectivity index (χ0) is 18.5.